The number of aromatic nitrogens is 2. The molecule has 0 spiro atoms. The Kier molecular flexibility index (Phi) is 10.0. The minimum Gasteiger partial charge on any atom is -0.487 e. The van der Waals surface area contributed by atoms with Gasteiger partial charge in [0.05, 0.1) is 17.6 Å². The SMILES string of the molecule is Cn1c(=O)n(C2CCC(=O)NC2=O)c2ccc(C3CCN(CC(=O)N4CC=C(c5ccc6cc(OCc7ccccc7)c(N7CC(=O)NS7(=O)=O)c(F)c6c5)C4)CC3)cc21. The highest BCUT2D eigenvalue weighted by Crippen LogP contribution is 2.41. The fourth-order valence-electron chi connectivity index (χ4n) is 8.77. The third kappa shape index (κ3) is 7.21. The van der Waals surface area contributed by atoms with Gasteiger partial charge in [0.2, 0.25) is 17.7 Å². The second-order valence-electron chi connectivity index (χ2n) is 15.8. The molecule has 2 N–H and O–H groups in total. The molecule has 1 aromatic heterocycles. The number of hydrogen-bond acceptors (Lipinski definition) is 9. The van der Waals surface area contributed by atoms with E-state index in [-0.39, 0.29) is 66.2 Å². The maximum Gasteiger partial charge on any atom is 0.329 e. The van der Waals surface area contributed by atoms with E-state index in [4.69, 9.17) is 4.74 Å². The molecular formula is C43H42FN7O8S. The normalized spacial score (nSPS) is 19.9. The minimum atomic E-state index is -4.35. The molecule has 3 fully saturated rings. The summed E-state index contributed by atoms with van der Waals surface area (Å²) >= 11 is 0. The molecule has 0 bridgehead atoms. The van der Waals surface area contributed by atoms with Gasteiger partial charge < -0.3 is 9.64 Å². The quantitative estimate of drug-likeness (QED) is 0.211. The summed E-state index contributed by atoms with van der Waals surface area (Å²) < 4.78 is 54.0. The molecule has 310 valence electrons. The molecule has 4 amide bonds. The summed E-state index contributed by atoms with van der Waals surface area (Å²) in [6.45, 7) is 1.82. The first kappa shape index (κ1) is 39.1. The Balaban J connectivity index is 0.858. The first-order valence-electron chi connectivity index (χ1n) is 19.8. The van der Waals surface area contributed by atoms with Crippen molar-refractivity contribution in [3.05, 3.63) is 112 Å². The van der Waals surface area contributed by atoms with Crippen LogP contribution in [0.2, 0.25) is 0 Å². The van der Waals surface area contributed by atoms with Crippen LogP contribution in [0, 0.1) is 5.82 Å². The Morgan fingerprint density at radius 1 is 0.900 bits per heavy atom. The number of rotatable bonds is 9. The molecule has 4 aliphatic rings. The van der Waals surface area contributed by atoms with Crippen molar-refractivity contribution in [1.29, 1.82) is 0 Å². The number of ether oxygens (including phenoxy) is 1. The largest absolute Gasteiger partial charge is 0.487 e. The van der Waals surface area contributed by atoms with Crippen LogP contribution in [0.3, 0.4) is 0 Å². The molecule has 1 unspecified atom stereocenters. The lowest BCUT2D eigenvalue weighted by Crippen LogP contribution is -2.44. The summed E-state index contributed by atoms with van der Waals surface area (Å²) in [5.74, 6) is -2.27. The van der Waals surface area contributed by atoms with E-state index in [1.165, 1.54) is 4.57 Å². The van der Waals surface area contributed by atoms with Crippen molar-refractivity contribution in [3.63, 3.8) is 0 Å². The number of carbonyl (C=O) groups is 4. The third-order valence-electron chi connectivity index (χ3n) is 12.0. The molecule has 15 nitrogen and oxygen atoms in total. The van der Waals surface area contributed by atoms with Crippen molar-refractivity contribution in [1.82, 2.24) is 29.0 Å². The van der Waals surface area contributed by atoms with Crippen LogP contribution in [0.15, 0.2) is 83.7 Å². The maximum absolute atomic E-state index is 16.6. The third-order valence-corrected chi connectivity index (χ3v) is 13.4. The van der Waals surface area contributed by atoms with Crippen LogP contribution in [0.25, 0.3) is 27.4 Å². The predicted octanol–water partition coefficient (Wildman–Crippen LogP) is 3.48. The van der Waals surface area contributed by atoms with Gasteiger partial charge in [-0.3, -0.25) is 38.5 Å². The molecular weight excluding hydrogens is 794 g/mol. The molecule has 60 heavy (non-hydrogen) atoms. The number of nitrogens with one attached hydrogen (secondary N) is 2. The van der Waals surface area contributed by atoms with Gasteiger partial charge in [0.25, 0.3) is 5.91 Å². The average molecular weight is 836 g/mol. The summed E-state index contributed by atoms with van der Waals surface area (Å²) in [4.78, 5) is 67.2. The van der Waals surface area contributed by atoms with Gasteiger partial charge in [-0.1, -0.05) is 54.6 Å². The second kappa shape index (κ2) is 15.4. The molecule has 4 aromatic carbocycles. The minimum absolute atomic E-state index is 0.0210. The number of amides is 4. The molecule has 1 atom stereocenters. The summed E-state index contributed by atoms with van der Waals surface area (Å²) in [6.07, 6.45) is 4.01. The lowest BCUT2D eigenvalue weighted by Gasteiger charge is -2.32. The van der Waals surface area contributed by atoms with Crippen molar-refractivity contribution >= 4 is 66.9 Å². The molecule has 0 saturated carbocycles. The number of anilines is 1. The molecule has 4 aliphatic heterocycles. The number of imidazole rings is 1. The average Bonchev–Trinajstić information content (AvgIpc) is 3.91. The van der Waals surface area contributed by atoms with E-state index >= 15 is 4.39 Å². The van der Waals surface area contributed by atoms with Gasteiger partial charge in [-0.15, -0.1) is 0 Å². The summed E-state index contributed by atoms with van der Waals surface area (Å²) in [7, 11) is -2.67. The van der Waals surface area contributed by atoms with Crippen LogP contribution in [0.4, 0.5) is 10.1 Å². The number of carbonyl (C=O) groups excluding carboxylic acids is 4. The smallest absolute Gasteiger partial charge is 0.329 e. The lowest BCUT2D eigenvalue weighted by molar-refractivity contribution is -0.136. The summed E-state index contributed by atoms with van der Waals surface area (Å²) in [6, 6.07) is 21.1. The second-order valence-corrected chi connectivity index (χ2v) is 17.4. The van der Waals surface area contributed by atoms with Gasteiger partial charge in [0.15, 0.2) is 5.82 Å². The number of piperidine rings is 2. The number of benzene rings is 4. The Bertz CT molecular complexity index is 2810. The van der Waals surface area contributed by atoms with E-state index < -0.39 is 40.4 Å². The Hall–Kier alpha value is -6.33. The monoisotopic (exact) mass is 835 g/mol. The topological polar surface area (TPSA) is 172 Å². The zero-order valence-electron chi connectivity index (χ0n) is 32.7. The Morgan fingerprint density at radius 2 is 1.68 bits per heavy atom. The predicted molar refractivity (Wildman–Crippen MR) is 221 cm³/mol. The van der Waals surface area contributed by atoms with E-state index in [1.54, 1.807) is 34.7 Å². The zero-order valence-corrected chi connectivity index (χ0v) is 33.5. The van der Waals surface area contributed by atoms with Crippen LogP contribution in [0.5, 0.6) is 5.75 Å². The van der Waals surface area contributed by atoms with Crippen molar-refractivity contribution in [2.45, 2.75) is 44.2 Å². The number of hydrogen-bond donors (Lipinski definition) is 2. The van der Waals surface area contributed by atoms with Crippen LogP contribution in [-0.2, 0) is 43.0 Å². The number of likely N-dealkylation sites (tertiary alicyclic amines) is 1. The number of imide groups is 1. The van der Waals surface area contributed by atoms with E-state index in [0.717, 1.165) is 35.1 Å². The fourth-order valence-corrected chi connectivity index (χ4v) is 9.94. The number of nitrogens with zero attached hydrogens (tertiary/aromatic N) is 5. The highest BCUT2D eigenvalue weighted by Gasteiger charge is 2.39. The number of halogens is 1. The molecule has 0 radical (unpaired) electrons. The van der Waals surface area contributed by atoms with Crippen LogP contribution in [0.1, 0.15) is 54.3 Å². The molecule has 0 aliphatic carbocycles. The highest BCUT2D eigenvalue weighted by atomic mass is 32.2. The molecule has 3 saturated heterocycles. The van der Waals surface area contributed by atoms with E-state index in [9.17, 15) is 32.4 Å². The van der Waals surface area contributed by atoms with E-state index in [1.807, 2.05) is 65.4 Å². The van der Waals surface area contributed by atoms with Gasteiger partial charge in [-0.25, -0.2) is 18.2 Å². The molecule has 17 heteroatoms. The number of aryl methyl sites for hydroxylation is 1. The van der Waals surface area contributed by atoms with Crippen molar-refractivity contribution < 1.29 is 36.7 Å². The first-order valence-corrected chi connectivity index (χ1v) is 21.3. The van der Waals surface area contributed by atoms with Crippen LogP contribution in [-0.4, -0.2) is 90.2 Å². The van der Waals surface area contributed by atoms with Crippen LogP contribution >= 0.6 is 0 Å². The van der Waals surface area contributed by atoms with Crippen molar-refractivity contribution in [3.8, 4) is 5.75 Å². The lowest BCUT2D eigenvalue weighted by atomic mass is 9.89. The Labute approximate surface area is 344 Å². The number of fused-ring (bicyclic) bond motifs is 2. The standard InChI is InChI=1S/C43H42FN7O8S/c1-47-35-20-29(9-10-33(35)51(43(47)56)34-11-12-37(52)45-42(34)55)27-13-16-48(17-14-27)24-39(54)49-18-15-31(22-49)28-7-8-30-21-36(59-25-26-5-3-2-4-6-26)41(40(44)32(30)19-28)50-23-38(53)46-60(50,57)58/h2-10,15,19-21,27,34H,11-14,16-18,22-25H2,1H3,(H,46,53)(H,45,52,55). The van der Waals surface area contributed by atoms with E-state index in [0.29, 0.717) is 47.0 Å². The maximum atomic E-state index is 16.6. The first-order chi connectivity index (χ1) is 28.8. The van der Waals surface area contributed by atoms with Gasteiger partial charge >= 0.3 is 15.9 Å². The van der Waals surface area contributed by atoms with E-state index in [2.05, 4.69) is 10.2 Å². The zero-order chi connectivity index (χ0) is 41.9. The summed E-state index contributed by atoms with van der Waals surface area (Å²) in [5, 5.41) is 2.96. The molecule has 5 aromatic rings. The van der Waals surface area contributed by atoms with Crippen LogP contribution < -0.4 is 24.8 Å². The summed E-state index contributed by atoms with van der Waals surface area (Å²) in [5.41, 5.74) is 4.09. The van der Waals surface area contributed by atoms with Gasteiger partial charge in [0, 0.05) is 31.9 Å². The van der Waals surface area contributed by atoms with Gasteiger partial charge in [-0.2, -0.15) is 8.42 Å². The van der Waals surface area contributed by atoms with Gasteiger partial charge in [0.1, 0.15) is 30.6 Å². The molecule has 9 rings (SSSR count). The fraction of sp³-hybridized carbons (Fsp3) is 0.326. The molecule has 5 heterocycles. The highest BCUT2D eigenvalue weighted by molar-refractivity contribution is 7.92. The van der Waals surface area contributed by atoms with Crippen molar-refractivity contribution in [2.75, 3.05) is 43.6 Å². The van der Waals surface area contributed by atoms with Crippen molar-refractivity contribution in [2.24, 2.45) is 7.05 Å². The Morgan fingerprint density at radius 3 is 2.42 bits per heavy atom. The van der Waals surface area contributed by atoms with Gasteiger partial charge in [-0.05, 0) is 90.2 Å².